The third-order valence-electron chi connectivity index (χ3n) is 2.80. The van der Waals surface area contributed by atoms with E-state index in [2.05, 4.69) is 30.8 Å². The van der Waals surface area contributed by atoms with E-state index in [0.717, 1.165) is 11.4 Å². The van der Waals surface area contributed by atoms with Crippen molar-refractivity contribution in [3.05, 3.63) is 23.6 Å². The average Bonchev–Trinajstić information content (AvgIpc) is 2.96. The fourth-order valence-corrected chi connectivity index (χ4v) is 1.89. The summed E-state index contributed by atoms with van der Waals surface area (Å²) in [7, 11) is 0. The van der Waals surface area contributed by atoms with E-state index in [1.54, 1.807) is 13.3 Å². The van der Waals surface area contributed by atoms with E-state index in [0.29, 0.717) is 18.9 Å². The Balaban J connectivity index is 1.67. The average molecular weight is 248 g/mol. The summed E-state index contributed by atoms with van der Waals surface area (Å²) in [5, 5.41) is 13.1. The molecular formula is C10H12N6O2. The first-order valence-electron chi connectivity index (χ1n) is 5.58. The van der Waals surface area contributed by atoms with Crippen molar-refractivity contribution in [2.24, 2.45) is 0 Å². The van der Waals surface area contributed by atoms with Crippen molar-refractivity contribution in [2.45, 2.75) is 25.9 Å². The predicted octanol–water partition coefficient (Wildman–Crippen LogP) is -0.246. The zero-order chi connectivity index (χ0) is 12.5. The summed E-state index contributed by atoms with van der Waals surface area (Å²) in [6.07, 6.45) is 2.17. The van der Waals surface area contributed by atoms with Crippen molar-refractivity contribution < 1.29 is 9.21 Å². The maximum absolute atomic E-state index is 12.0. The second-order valence-corrected chi connectivity index (χ2v) is 4.08. The number of amides is 1. The number of aromatic nitrogens is 4. The molecule has 3 N–H and O–H groups in total. The third kappa shape index (κ3) is 1.97. The number of aromatic amines is 1. The maximum Gasteiger partial charge on any atom is 0.322 e. The molecule has 0 radical (unpaired) electrons. The second-order valence-electron chi connectivity index (χ2n) is 4.08. The Bertz CT molecular complexity index is 574. The number of carbonyl (C=O) groups is 1. The maximum atomic E-state index is 12.0. The number of nitrogens with one attached hydrogen (secondary N) is 3. The van der Waals surface area contributed by atoms with Crippen LogP contribution in [0.3, 0.4) is 0 Å². The Morgan fingerprint density at radius 3 is 3.22 bits per heavy atom. The lowest BCUT2D eigenvalue weighted by molar-refractivity contribution is -0.118. The van der Waals surface area contributed by atoms with E-state index < -0.39 is 0 Å². The highest BCUT2D eigenvalue weighted by atomic mass is 16.4. The van der Waals surface area contributed by atoms with Crippen LogP contribution in [0, 0.1) is 6.92 Å². The number of aryl methyl sites for hydroxylation is 1. The number of hydrogen-bond donors (Lipinski definition) is 3. The van der Waals surface area contributed by atoms with Gasteiger partial charge in [0.05, 0.1) is 23.8 Å². The molecule has 1 aliphatic rings. The number of nitrogens with zero attached hydrogens (tertiary/aromatic N) is 3. The summed E-state index contributed by atoms with van der Waals surface area (Å²) in [5.41, 5.74) is 1.93. The van der Waals surface area contributed by atoms with Crippen LogP contribution in [0.15, 0.2) is 10.7 Å². The van der Waals surface area contributed by atoms with Crippen molar-refractivity contribution in [1.29, 1.82) is 0 Å². The first-order chi connectivity index (χ1) is 8.72. The van der Waals surface area contributed by atoms with Crippen LogP contribution < -0.4 is 10.6 Å². The second kappa shape index (κ2) is 4.22. The van der Waals surface area contributed by atoms with Gasteiger partial charge in [0.2, 0.25) is 11.8 Å². The smallest absolute Gasteiger partial charge is 0.322 e. The molecule has 2 aromatic rings. The largest absolute Gasteiger partial charge is 0.408 e. The summed E-state index contributed by atoms with van der Waals surface area (Å²) in [5.74, 6) is 0.212. The number of anilines is 1. The van der Waals surface area contributed by atoms with Gasteiger partial charge in [-0.1, -0.05) is 5.10 Å². The molecule has 0 spiro atoms. The van der Waals surface area contributed by atoms with E-state index >= 15 is 0 Å². The Morgan fingerprint density at radius 2 is 2.44 bits per heavy atom. The van der Waals surface area contributed by atoms with Gasteiger partial charge in [-0.25, -0.2) is 4.98 Å². The number of rotatable bonds is 2. The van der Waals surface area contributed by atoms with Crippen LogP contribution in [0.25, 0.3) is 0 Å². The minimum absolute atomic E-state index is 0.118. The first-order valence-corrected chi connectivity index (χ1v) is 5.58. The number of fused-ring (bicyclic) bond motifs is 1. The molecular weight excluding hydrogens is 236 g/mol. The molecule has 0 saturated heterocycles. The number of imidazole rings is 1. The molecule has 8 nitrogen and oxygen atoms in total. The lowest BCUT2D eigenvalue weighted by Crippen LogP contribution is -2.44. The van der Waals surface area contributed by atoms with Crippen LogP contribution in [0.2, 0.25) is 0 Å². The van der Waals surface area contributed by atoms with Gasteiger partial charge in [0.25, 0.3) is 0 Å². The summed E-state index contributed by atoms with van der Waals surface area (Å²) in [4.78, 5) is 19.2. The third-order valence-corrected chi connectivity index (χ3v) is 2.80. The Labute approximate surface area is 102 Å². The molecule has 3 heterocycles. The standard InChI is InChI=1S/C10H12N6O2/c1-5-15-16-10(18-5)14-9(17)7-2-6-8(3-11-7)13-4-12-6/h4,7,11H,2-3H2,1H3,(H,12,13)(H,14,16,17). The van der Waals surface area contributed by atoms with Gasteiger partial charge in [-0.3, -0.25) is 15.4 Å². The zero-order valence-corrected chi connectivity index (χ0v) is 9.73. The highest BCUT2D eigenvalue weighted by Gasteiger charge is 2.26. The molecule has 18 heavy (non-hydrogen) atoms. The Morgan fingerprint density at radius 1 is 1.56 bits per heavy atom. The zero-order valence-electron chi connectivity index (χ0n) is 9.73. The van der Waals surface area contributed by atoms with Gasteiger partial charge >= 0.3 is 6.01 Å². The summed E-state index contributed by atoms with van der Waals surface area (Å²) in [6.45, 7) is 2.26. The van der Waals surface area contributed by atoms with Crippen molar-refractivity contribution in [1.82, 2.24) is 25.5 Å². The van der Waals surface area contributed by atoms with Crippen LogP contribution >= 0.6 is 0 Å². The molecule has 0 fully saturated rings. The van der Waals surface area contributed by atoms with Crippen LogP contribution in [0.5, 0.6) is 0 Å². The topological polar surface area (TPSA) is 109 Å². The molecule has 0 aromatic carbocycles. The summed E-state index contributed by atoms with van der Waals surface area (Å²) in [6, 6.07) is -0.222. The molecule has 0 bridgehead atoms. The van der Waals surface area contributed by atoms with Crippen LogP contribution in [-0.4, -0.2) is 32.1 Å². The summed E-state index contributed by atoms with van der Waals surface area (Å²) >= 11 is 0. The van der Waals surface area contributed by atoms with Gasteiger partial charge in [-0.15, -0.1) is 5.10 Å². The normalized spacial score (nSPS) is 18.4. The van der Waals surface area contributed by atoms with Gasteiger partial charge in [0, 0.05) is 19.9 Å². The number of carbonyl (C=O) groups excluding carboxylic acids is 1. The molecule has 94 valence electrons. The molecule has 8 heteroatoms. The molecule has 1 amide bonds. The number of H-pyrrole nitrogens is 1. The van der Waals surface area contributed by atoms with Gasteiger partial charge in [-0.2, -0.15) is 0 Å². The van der Waals surface area contributed by atoms with Crippen molar-refractivity contribution in [3.8, 4) is 0 Å². The summed E-state index contributed by atoms with van der Waals surface area (Å²) < 4.78 is 5.10. The highest BCUT2D eigenvalue weighted by molar-refractivity contribution is 5.93. The van der Waals surface area contributed by atoms with Crippen molar-refractivity contribution in [3.63, 3.8) is 0 Å². The molecule has 0 saturated carbocycles. The number of hydrogen-bond acceptors (Lipinski definition) is 6. The predicted molar refractivity (Wildman–Crippen MR) is 60.6 cm³/mol. The Kier molecular flexibility index (Phi) is 2.56. The minimum Gasteiger partial charge on any atom is -0.408 e. The van der Waals surface area contributed by atoms with Gasteiger partial charge in [0.1, 0.15) is 0 Å². The van der Waals surface area contributed by atoms with Crippen molar-refractivity contribution in [2.75, 3.05) is 5.32 Å². The van der Waals surface area contributed by atoms with Gasteiger partial charge in [-0.05, 0) is 0 Å². The lowest BCUT2D eigenvalue weighted by atomic mass is 10.1. The van der Waals surface area contributed by atoms with E-state index in [-0.39, 0.29) is 18.0 Å². The monoisotopic (exact) mass is 248 g/mol. The molecule has 1 unspecified atom stereocenters. The van der Waals surface area contributed by atoms with Crippen molar-refractivity contribution >= 4 is 11.9 Å². The highest BCUT2D eigenvalue weighted by Crippen LogP contribution is 2.13. The molecule has 2 aromatic heterocycles. The van der Waals surface area contributed by atoms with Crippen LogP contribution in [0.4, 0.5) is 6.01 Å². The van der Waals surface area contributed by atoms with Gasteiger partial charge in [0.15, 0.2) is 0 Å². The minimum atomic E-state index is -0.340. The SMILES string of the molecule is Cc1nnc(NC(=O)C2Cc3nc[nH]c3CN2)o1. The van der Waals surface area contributed by atoms with E-state index in [4.69, 9.17) is 4.42 Å². The van der Waals surface area contributed by atoms with E-state index in [1.807, 2.05) is 0 Å². The molecule has 0 aliphatic carbocycles. The molecule has 1 aliphatic heterocycles. The fourth-order valence-electron chi connectivity index (χ4n) is 1.89. The Hall–Kier alpha value is -2.22. The van der Waals surface area contributed by atoms with Crippen LogP contribution in [0.1, 0.15) is 17.3 Å². The van der Waals surface area contributed by atoms with Gasteiger partial charge < -0.3 is 9.40 Å². The van der Waals surface area contributed by atoms with Crippen LogP contribution in [-0.2, 0) is 17.8 Å². The lowest BCUT2D eigenvalue weighted by Gasteiger charge is -2.21. The van der Waals surface area contributed by atoms with E-state index in [1.165, 1.54) is 0 Å². The fraction of sp³-hybridized carbons (Fsp3) is 0.400. The van der Waals surface area contributed by atoms with E-state index in [9.17, 15) is 4.79 Å². The molecule has 3 rings (SSSR count). The quantitative estimate of drug-likeness (QED) is 0.676. The first kappa shape index (κ1) is 10.9. The molecule has 1 atom stereocenters.